The second kappa shape index (κ2) is 6.53. The zero-order valence-electron chi connectivity index (χ0n) is 11.2. The van der Waals surface area contributed by atoms with Crippen LogP contribution in [0.3, 0.4) is 0 Å². The van der Waals surface area contributed by atoms with Crippen LogP contribution in [0.1, 0.15) is 17.7 Å². The highest BCUT2D eigenvalue weighted by atomic mass is 16.5. The number of hydrogen-bond donors (Lipinski definition) is 0. The van der Waals surface area contributed by atoms with E-state index in [1.165, 1.54) is 10.7 Å². The molecule has 1 heterocycles. The van der Waals surface area contributed by atoms with E-state index in [0.29, 0.717) is 30.9 Å². The SMILES string of the molecule is Cc1ccc(=O)n(CCCOc2cccc(C#N)c2)n1. The third-order valence-corrected chi connectivity index (χ3v) is 2.75. The fourth-order valence-electron chi connectivity index (χ4n) is 1.77. The van der Waals surface area contributed by atoms with Crippen molar-refractivity contribution < 1.29 is 4.74 Å². The molecule has 0 radical (unpaired) electrons. The average molecular weight is 269 g/mol. The van der Waals surface area contributed by atoms with E-state index in [-0.39, 0.29) is 5.56 Å². The van der Waals surface area contributed by atoms with E-state index in [9.17, 15) is 4.79 Å². The Labute approximate surface area is 117 Å². The van der Waals surface area contributed by atoms with Crippen molar-refractivity contribution in [1.82, 2.24) is 9.78 Å². The molecule has 0 amide bonds. The summed E-state index contributed by atoms with van der Waals surface area (Å²) in [5, 5.41) is 12.9. The molecule has 2 aromatic rings. The van der Waals surface area contributed by atoms with Crippen LogP contribution >= 0.6 is 0 Å². The van der Waals surface area contributed by atoms with Crippen molar-refractivity contribution in [2.24, 2.45) is 0 Å². The highest BCUT2D eigenvalue weighted by Gasteiger charge is 1.99. The Morgan fingerprint density at radius 3 is 3.00 bits per heavy atom. The van der Waals surface area contributed by atoms with Crippen molar-refractivity contribution in [2.45, 2.75) is 19.9 Å². The molecule has 5 nitrogen and oxygen atoms in total. The Kier molecular flexibility index (Phi) is 4.51. The molecule has 20 heavy (non-hydrogen) atoms. The zero-order valence-corrected chi connectivity index (χ0v) is 11.2. The van der Waals surface area contributed by atoms with E-state index in [1.807, 2.05) is 6.92 Å². The molecule has 0 bridgehead atoms. The summed E-state index contributed by atoms with van der Waals surface area (Å²) in [5.74, 6) is 0.661. The number of aromatic nitrogens is 2. The van der Waals surface area contributed by atoms with E-state index in [1.54, 1.807) is 30.3 Å². The summed E-state index contributed by atoms with van der Waals surface area (Å²) in [5.41, 5.74) is 1.27. The molecule has 1 aromatic heterocycles. The highest BCUT2D eigenvalue weighted by Crippen LogP contribution is 2.12. The van der Waals surface area contributed by atoms with Gasteiger partial charge >= 0.3 is 0 Å². The van der Waals surface area contributed by atoms with E-state index >= 15 is 0 Å². The van der Waals surface area contributed by atoms with Crippen LogP contribution in [0, 0.1) is 18.3 Å². The second-order valence-electron chi connectivity index (χ2n) is 4.38. The summed E-state index contributed by atoms with van der Waals surface area (Å²) in [7, 11) is 0. The maximum Gasteiger partial charge on any atom is 0.266 e. The molecule has 0 fully saturated rings. The van der Waals surface area contributed by atoms with Crippen molar-refractivity contribution in [3.8, 4) is 11.8 Å². The van der Waals surface area contributed by atoms with Crippen LogP contribution < -0.4 is 10.3 Å². The summed E-state index contributed by atoms with van der Waals surface area (Å²) in [6, 6.07) is 12.3. The lowest BCUT2D eigenvalue weighted by Gasteiger charge is -2.07. The van der Waals surface area contributed by atoms with Gasteiger partial charge in [0.2, 0.25) is 0 Å². The van der Waals surface area contributed by atoms with Gasteiger partial charge in [-0.3, -0.25) is 4.79 Å². The summed E-state index contributed by atoms with van der Waals surface area (Å²) >= 11 is 0. The topological polar surface area (TPSA) is 67.9 Å². The first kappa shape index (κ1) is 13.8. The molecule has 0 saturated heterocycles. The van der Waals surface area contributed by atoms with Crippen molar-refractivity contribution in [3.63, 3.8) is 0 Å². The molecule has 0 spiro atoms. The van der Waals surface area contributed by atoms with Crippen LogP contribution in [0.5, 0.6) is 5.75 Å². The van der Waals surface area contributed by atoms with Crippen LogP contribution in [0.25, 0.3) is 0 Å². The minimum Gasteiger partial charge on any atom is -0.493 e. The number of rotatable bonds is 5. The zero-order chi connectivity index (χ0) is 14.4. The van der Waals surface area contributed by atoms with Gasteiger partial charge in [0, 0.05) is 19.0 Å². The lowest BCUT2D eigenvalue weighted by Crippen LogP contribution is -2.23. The van der Waals surface area contributed by atoms with Crippen molar-refractivity contribution in [1.29, 1.82) is 5.26 Å². The summed E-state index contributed by atoms with van der Waals surface area (Å²) < 4.78 is 6.98. The average Bonchev–Trinajstić information content (AvgIpc) is 2.47. The largest absolute Gasteiger partial charge is 0.493 e. The monoisotopic (exact) mass is 269 g/mol. The molecule has 0 aliphatic carbocycles. The van der Waals surface area contributed by atoms with Gasteiger partial charge in [-0.25, -0.2) is 4.68 Å². The van der Waals surface area contributed by atoms with Gasteiger partial charge < -0.3 is 4.74 Å². The normalized spacial score (nSPS) is 10.0. The third kappa shape index (κ3) is 3.69. The molecule has 2 rings (SSSR count). The van der Waals surface area contributed by atoms with E-state index < -0.39 is 0 Å². The van der Waals surface area contributed by atoms with Gasteiger partial charge in [-0.05, 0) is 31.2 Å². The van der Waals surface area contributed by atoms with Gasteiger partial charge in [-0.15, -0.1) is 0 Å². The molecule has 102 valence electrons. The Morgan fingerprint density at radius 1 is 1.35 bits per heavy atom. The summed E-state index contributed by atoms with van der Waals surface area (Å²) in [6.45, 7) is 2.83. The first-order chi connectivity index (χ1) is 9.69. The second-order valence-corrected chi connectivity index (χ2v) is 4.38. The number of ether oxygens (including phenoxy) is 1. The van der Waals surface area contributed by atoms with Gasteiger partial charge in [-0.1, -0.05) is 6.07 Å². The van der Waals surface area contributed by atoms with Crippen LogP contribution in [0.2, 0.25) is 0 Å². The summed E-state index contributed by atoms with van der Waals surface area (Å²) in [4.78, 5) is 11.5. The molecule has 1 aromatic carbocycles. The maximum atomic E-state index is 11.5. The molecule has 0 atom stereocenters. The van der Waals surface area contributed by atoms with Crippen molar-refractivity contribution in [2.75, 3.05) is 6.61 Å². The predicted molar refractivity (Wildman–Crippen MR) is 74.5 cm³/mol. The fraction of sp³-hybridized carbons (Fsp3) is 0.267. The van der Waals surface area contributed by atoms with Crippen LogP contribution in [-0.2, 0) is 6.54 Å². The van der Waals surface area contributed by atoms with Gasteiger partial charge in [0.1, 0.15) is 5.75 Å². The molecule has 0 aliphatic heterocycles. The number of nitriles is 1. The van der Waals surface area contributed by atoms with Gasteiger partial charge in [0.05, 0.1) is 23.9 Å². The molecular weight excluding hydrogens is 254 g/mol. The quantitative estimate of drug-likeness (QED) is 0.777. The first-order valence-electron chi connectivity index (χ1n) is 6.37. The number of nitrogens with zero attached hydrogens (tertiary/aromatic N) is 3. The minimum absolute atomic E-state index is 0.109. The smallest absolute Gasteiger partial charge is 0.266 e. The van der Waals surface area contributed by atoms with Gasteiger partial charge in [-0.2, -0.15) is 10.4 Å². The Morgan fingerprint density at radius 2 is 2.20 bits per heavy atom. The van der Waals surface area contributed by atoms with Crippen LogP contribution in [0.15, 0.2) is 41.2 Å². The highest BCUT2D eigenvalue weighted by molar-refractivity contribution is 5.36. The molecule has 0 aliphatic rings. The lowest BCUT2D eigenvalue weighted by atomic mass is 10.2. The van der Waals surface area contributed by atoms with Crippen molar-refractivity contribution >= 4 is 0 Å². The Balaban J connectivity index is 1.86. The Bertz CT molecular complexity index is 686. The number of benzene rings is 1. The molecular formula is C15H15N3O2. The van der Waals surface area contributed by atoms with Crippen molar-refractivity contribution in [3.05, 3.63) is 58.0 Å². The molecule has 5 heteroatoms. The maximum absolute atomic E-state index is 11.5. The van der Waals surface area contributed by atoms with Crippen LogP contribution in [0.4, 0.5) is 0 Å². The Hall–Kier alpha value is -2.61. The summed E-state index contributed by atoms with van der Waals surface area (Å²) in [6.07, 6.45) is 0.674. The lowest BCUT2D eigenvalue weighted by molar-refractivity contribution is 0.296. The predicted octanol–water partition coefficient (Wildman–Crippen LogP) is 1.89. The number of aryl methyl sites for hydroxylation is 2. The molecule has 0 unspecified atom stereocenters. The number of hydrogen-bond acceptors (Lipinski definition) is 4. The van der Waals surface area contributed by atoms with E-state index in [0.717, 1.165) is 5.69 Å². The van der Waals surface area contributed by atoms with Gasteiger partial charge in [0.15, 0.2) is 0 Å². The standard InChI is InChI=1S/C15H15N3O2/c1-12-6-7-15(19)18(17-12)8-3-9-20-14-5-2-4-13(10-14)11-16/h2,4-7,10H,3,8-9H2,1H3. The third-order valence-electron chi connectivity index (χ3n) is 2.75. The van der Waals surface area contributed by atoms with Gasteiger partial charge in [0.25, 0.3) is 5.56 Å². The first-order valence-corrected chi connectivity index (χ1v) is 6.37. The fourth-order valence-corrected chi connectivity index (χ4v) is 1.77. The molecule has 0 saturated carbocycles. The van der Waals surface area contributed by atoms with E-state index in [4.69, 9.17) is 10.00 Å². The van der Waals surface area contributed by atoms with Crippen LogP contribution in [-0.4, -0.2) is 16.4 Å². The van der Waals surface area contributed by atoms with E-state index in [2.05, 4.69) is 11.2 Å². The molecule has 0 N–H and O–H groups in total. The minimum atomic E-state index is -0.109.